The van der Waals surface area contributed by atoms with Gasteiger partial charge in [-0.2, -0.15) is 0 Å². The van der Waals surface area contributed by atoms with Crippen LogP contribution in [0.15, 0.2) is 43.1 Å². The van der Waals surface area contributed by atoms with Crippen molar-refractivity contribution < 1.29 is 42.6 Å². The molecule has 4 aromatic rings. The van der Waals surface area contributed by atoms with Gasteiger partial charge in [0.2, 0.25) is 5.95 Å². The van der Waals surface area contributed by atoms with E-state index in [0.717, 1.165) is 50.0 Å². The fourth-order valence-corrected chi connectivity index (χ4v) is 8.46. The molecule has 5 heterocycles. The molecule has 1 aromatic carbocycles. The average Bonchev–Trinajstić information content (AvgIpc) is 4.03. The second-order valence-corrected chi connectivity index (χ2v) is 16.3. The number of rotatable bonds is 29. The minimum atomic E-state index is -0.222. The fourth-order valence-electron chi connectivity index (χ4n) is 8.30. The molecule has 2 bridgehead atoms. The number of ether oxygens (including phenoxy) is 9. The third kappa shape index (κ3) is 14.5. The molecule has 7 rings (SSSR count). The second kappa shape index (κ2) is 25.4. The van der Waals surface area contributed by atoms with Gasteiger partial charge in [0, 0.05) is 56.2 Å². The van der Waals surface area contributed by atoms with Gasteiger partial charge in [-0.1, -0.05) is 17.7 Å². The lowest BCUT2D eigenvalue weighted by Crippen LogP contribution is -2.52. The van der Waals surface area contributed by atoms with E-state index in [1.807, 2.05) is 25.3 Å². The molecule has 2 saturated heterocycles. The Morgan fingerprint density at radius 3 is 2.02 bits per heavy atom. The van der Waals surface area contributed by atoms with Crippen LogP contribution >= 0.6 is 11.6 Å². The van der Waals surface area contributed by atoms with Crippen LogP contribution in [0, 0.1) is 0 Å². The van der Waals surface area contributed by atoms with Crippen molar-refractivity contribution in [1.29, 1.82) is 0 Å². The van der Waals surface area contributed by atoms with Crippen LogP contribution in [-0.2, 0) is 39.7 Å². The zero-order valence-corrected chi connectivity index (χ0v) is 37.3. The first-order chi connectivity index (χ1) is 31.0. The van der Waals surface area contributed by atoms with Crippen LogP contribution in [0.25, 0.3) is 11.1 Å². The largest absolute Gasteiger partial charge is 0.487 e. The summed E-state index contributed by atoms with van der Waals surface area (Å²) in [6, 6.07) is 7.62. The highest BCUT2D eigenvalue weighted by Gasteiger charge is 2.42. The number of fused-ring (bicyclic) bond motifs is 2. The molecular formula is C43H63ClN10O9. The van der Waals surface area contributed by atoms with Crippen molar-refractivity contribution in [2.75, 3.05) is 105 Å². The number of benzene rings is 1. The van der Waals surface area contributed by atoms with E-state index in [4.69, 9.17) is 59.3 Å². The van der Waals surface area contributed by atoms with Crippen molar-refractivity contribution in [3.05, 3.63) is 48.1 Å². The summed E-state index contributed by atoms with van der Waals surface area (Å²) in [4.78, 5) is 12.1. The first-order valence-corrected chi connectivity index (χ1v) is 22.6. The zero-order valence-electron chi connectivity index (χ0n) is 36.6. The SMILES string of the molecule is COCCOCCOCCOCCOCCOCCCOc1nn([C@H]2CC[C@H](N3[C@@H]4CC[C@H]3COC4)CC2)cc1Nc1ncc(-c2ccc(Cl)c(O[C@@H](C)Cn3cnnn3)c2)cn1. The van der Waals surface area contributed by atoms with Crippen LogP contribution in [0.3, 0.4) is 0 Å². The predicted octanol–water partition coefficient (Wildman–Crippen LogP) is 5.04. The van der Waals surface area contributed by atoms with Crippen LogP contribution in [0.4, 0.5) is 11.6 Å². The van der Waals surface area contributed by atoms with Crippen LogP contribution in [0.2, 0.25) is 5.02 Å². The summed E-state index contributed by atoms with van der Waals surface area (Å²) in [5.41, 5.74) is 2.39. The van der Waals surface area contributed by atoms with Gasteiger partial charge in [0.15, 0.2) is 0 Å². The topological polar surface area (TPSA) is 186 Å². The van der Waals surface area contributed by atoms with Crippen molar-refractivity contribution in [3.8, 4) is 22.8 Å². The van der Waals surface area contributed by atoms with E-state index in [2.05, 4.69) is 40.4 Å². The Balaban J connectivity index is 0.870. The normalized spacial score (nSPS) is 20.6. The third-order valence-corrected chi connectivity index (χ3v) is 11.7. The Hall–Kier alpha value is -4.05. The zero-order chi connectivity index (χ0) is 43.5. The van der Waals surface area contributed by atoms with Gasteiger partial charge in [0.25, 0.3) is 5.88 Å². The maximum atomic E-state index is 6.51. The molecule has 0 spiro atoms. The molecule has 1 N–H and O–H groups in total. The summed E-state index contributed by atoms with van der Waals surface area (Å²) >= 11 is 6.51. The molecule has 1 saturated carbocycles. The highest BCUT2D eigenvalue weighted by atomic mass is 35.5. The van der Waals surface area contributed by atoms with Gasteiger partial charge in [-0.25, -0.2) is 14.6 Å². The number of tetrazole rings is 1. The number of morpholine rings is 1. The molecule has 0 unspecified atom stereocenters. The van der Waals surface area contributed by atoms with Crippen LogP contribution in [0.5, 0.6) is 11.6 Å². The summed E-state index contributed by atoms with van der Waals surface area (Å²) < 4.78 is 54.7. The van der Waals surface area contributed by atoms with Crippen molar-refractivity contribution >= 4 is 23.2 Å². The maximum absolute atomic E-state index is 6.51. The van der Waals surface area contributed by atoms with Gasteiger partial charge >= 0.3 is 0 Å². The highest BCUT2D eigenvalue weighted by Crippen LogP contribution is 2.40. The Morgan fingerprint density at radius 1 is 0.762 bits per heavy atom. The van der Waals surface area contributed by atoms with E-state index in [1.54, 1.807) is 36.6 Å². The van der Waals surface area contributed by atoms with Crippen molar-refractivity contribution in [2.24, 2.45) is 0 Å². The Bertz CT molecular complexity index is 1870. The lowest BCUT2D eigenvalue weighted by atomic mass is 9.89. The molecule has 63 heavy (non-hydrogen) atoms. The number of hydrogen-bond donors (Lipinski definition) is 1. The molecule has 19 nitrogen and oxygen atoms in total. The summed E-state index contributed by atoms with van der Waals surface area (Å²) in [5, 5.41) is 20.1. The molecule has 0 amide bonds. The van der Waals surface area contributed by atoms with Crippen LogP contribution < -0.4 is 14.8 Å². The standard InChI is InChI=1S/C43H63ClN10O9/c1-32(27-52-31-47-50-51-52)63-41-24-33(4-11-39(41)44)34-25-45-43(46-26-34)48-40-28-53(35-5-7-36(8-6-35)54-37-9-10-38(54)30-61-29-37)49-42(40)62-13-3-12-56-16-17-58-20-21-60-23-22-59-19-18-57-15-14-55-2/h4,11,24-26,28,31-32,35-38H,3,5-10,12-23,27,29-30H2,1-2H3,(H,45,46,48)/t32-,35-,36-,37-,38+/m0/s1. The van der Waals surface area contributed by atoms with Crippen LogP contribution in [0.1, 0.15) is 57.9 Å². The quantitative estimate of drug-likeness (QED) is 0.0715. The molecule has 1 aliphatic carbocycles. The summed E-state index contributed by atoms with van der Waals surface area (Å²) in [5.74, 6) is 1.49. The van der Waals surface area contributed by atoms with Crippen molar-refractivity contribution in [1.82, 2.24) is 44.9 Å². The number of aromatic nitrogens is 8. The number of nitrogens with zero attached hydrogens (tertiary/aromatic N) is 9. The van der Waals surface area contributed by atoms with Crippen molar-refractivity contribution in [2.45, 2.75) is 88.7 Å². The minimum Gasteiger partial charge on any atom is -0.487 e. The molecular weight excluding hydrogens is 836 g/mol. The lowest BCUT2D eigenvalue weighted by Gasteiger charge is -2.43. The monoisotopic (exact) mass is 898 g/mol. The van der Waals surface area contributed by atoms with E-state index in [9.17, 15) is 0 Å². The summed E-state index contributed by atoms with van der Waals surface area (Å²) in [6.45, 7) is 10.3. The van der Waals surface area contributed by atoms with E-state index >= 15 is 0 Å². The summed E-state index contributed by atoms with van der Waals surface area (Å²) in [6.07, 6.45) is 14.5. The second-order valence-electron chi connectivity index (χ2n) is 15.9. The smallest absolute Gasteiger partial charge is 0.256 e. The van der Waals surface area contributed by atoms with Crippen molar-refractivity contribution in [3.63, 3.8) is 0 Å². The molecule has 2 aliphatic heterocycles. The van der Waals surface area contributed by atoms with Gasteiger partial charge in [0.05, 0.1) is 110 Å². The Morgan fingerprint density at radius 2 is 1.38 bits per heavy atom. The number of methoxy groups -OCH3 is 1. The van der Waals surface area contributed by atoms with Gasteiger partial charge in [-0.05, 0) is 73.6 Å². The molecule has 3 fully saturated rings. The predicted molar refractivity (Wildman–Crippen MR) is 233 cm³/mol. The first-order valence-electron chi connectivity index (χ1n) is 22.2. The fraction of sp³-hybridized carbons (Fsp3) is 0.674. The number of nitrogens with one attached hydrogen (secondary N) is 1. The average molecular weight is 899 g/mol. The molecule has 3 atom stereocenters. The van der Waals surface area contributed by atoms with E-state index in [-0.39, 0.29) is 12.1 Å². The Kier molecular flexibility index (Phi) is 19.0. The van der Waals surface area contributed by atoms with Crippen LogP contribution in [-0.4, -0.2) is 169 Å². The number of halogens is 1. The molecule has 0 radical (unpaired) electrons. The number of hydrogen-bond acceptors (Lipinski definition) is 17. The maximum Gasteiger partial charge on any atom is 0.256 e. The van der Waals surface area contributed by atoms with Gasteiger partial charge in [0.1, 0.15) is 23.9 Å². The van der Waals surface area contributed by atoms with Gasteiger partial charge in [-0.3, -0.25) is 9.58 Å². The van der Waals surface area contributed by atoms with E-state index < -0.39 is 0 Å². The molecule has 346 valence electrons. The molecule has 3 aromatic heterocycles. The van der Waals surface area contributed by atoms with E-state index in [0.29, 0.717) is 139 Å². The minimum absolute atomic E-state index is 0.222. The molecule has 3 aliphatic rings. The lowest BCUT2D eigenvalue weighted by molar-refractivity contribution is -0.0458. The third-order valence-electron chi connectivity index (χ3n) is 11.4. The Labute approximate surface area is 374 Å². The summed E-state index contributed by atoms with van der Waals surface area (Å²) in [7, 11) is 1.65. The van der Waals surface area contributed by atoms with Gasteiger partial charge in [-0.15, -0.1) is 10.2 Å². The molecule has 20 heteroatoms. The number of anilines is 2. The first kappa shape index (κ1) is 46.9. The van der Waals surface area contributed by atoms with Gasteiger partial charge < -0.3 is 47.9 Å². The highest BCUT2D eigenvalue weighted by molar-refractivity contribution is 6.32. The van der Waals surface area contributed by atoms with E-state index in [1.165, 1.54) is 12.8 Å².